The van der Waals surface area contributed by atoms with Crippen molar-refractivity contribution in [3.05, 3.63) is 72.1 Å². The lowest BCUT2D eigenvalue weighted by Gasteiger charge is -2.33. The fourth-order valence-electron chi connectivity index (χ4n) is 4.63. The number of nitrogens with zero attached hydrogens (tertiary/aromatic N) is 2. The van der Waals surface area contributed by atoms with Crippen LogP contribution < -0.4 is 9.47 Å². The lowest BCUT2D eigenvalue weighted by atomic mass is 9.98. The van der Waals surface area contributed by atoms with Crippen molar-refractivity contribution in [2.75, 3.05) is 26.2 Å². The lowest BCUT2D eigenvalue weighted by Crippen LogP contribution is -2.42. The maximum atomic E-state index is 14.3. The number of halogens is 2. The van der Waals surface area contributed by atoms with Crippen molar-refractivity contribution in [1.82, 2.24) is 14.9 Å². The summed E-state index contributed by atoms with van der Waals surface area (Å²) < 4.78 is 40.1. The summed E-state index contributed by atoms with van der Waals surface area (Å²) in [4.78, 5) is 9.67. The van der Waals surface area contributed by atoms with Gasteiger partial charge in [0, 0.05) is 59.9 Å². The molecule has 4 heterocycles. The van der Waals surface area contributed by atoms with Crippen LogP contribution in [0.4, 0.5) is 8.78 Å². The molecule has 0 bridgehead atoms. The first-order valence-electron chi connectivity index (χ1n) is 10.7. The van der Waals surface area contributed by atoms with E-state index in [9.17, 15) is 8.78 Å². The molecule has 32 heavy (non-hydrogen) atoms. The molecule has 6 rings (SSSR count). The van der Waals surface area contributed by atoms with E-state index in [0.29, 0.717) is 30.0 Å². The fraction of sp³-hybridized carbons (Fsp3) is 0.240. The van der Waals surface area contributed by atoms with Gasteiger partial charge in [-0.15, -0.1) is 0 Å². The van der Waals surface area contributed by atoms with Gasteiger partial charge in [-0.1, -0.05) is 6.08 Å². The molecular weight excluding hydrogens is 412 g/mol. The van der Waals surface area contributed by atoms with Gasteiger partial charge >= 0.3 is 0 Å². The third-order valence-corrected chi connectivity index (χ3v) is 6.21. The predicted molar refractivity (Wildman–Crippen MR) is 119 cm³/mol. The molecule has 2 aliphatic rings. The molecule has 1 N–H and O–H groups in total. The number of ether oxygens (including phenoxy) is 2. The average molecular weight is 433 g/mol. The van der Waals surface area contributed by atoms with E-state index in [0.717, 1.165) is 36.0 Å². The Morgan fingerprint density at radius 1 is 1.16 bits per heavy atom. The largest absolute Gasteiger partial charge is 0.486 e. The van der Waals surface area contributed by atoms with E-state index in [1.54, 1.807) is 30.5 Å². The summed E-state index contributed by atoms with van der Waals surface area (Å²) in [6.45, 7) is 2.71. The van der Waals surface area contributed by atoms with Gasteiger partial charge in [0.2, 0.25) is 0 Å². The smallest absolute Gasteiger partial charge is 0.171 e. The van der Waals surface area contributed by atoms with Gasteiger partial charge in [-0.25, -0.2) is 8.78 Å². The number of fused-ring (bicyclic) bond motifs is 4. The number of hydrogen-bond donors (Lipinski definition) is 1. The molecule has 162 valence electrons. The summed E-state index contributed by atoms with van der Waals surface area (Å²) in [6, 6.07) is 9.74. The average Bonchev–Trinajstić information content (AvgIpc) is 3.23. The number of aromatic nitrogens is 2. The second-order valence-corrected chi connectivity index (χ2v) is 8.27. The number of aromatic amines is 1. The molecule has 0 saturated heterocycles. The Morgan fingerprint density at radius 2 is 2.09 bits per heavy atom. The van der Waals surface area contributed by atoms with E-state index in [1.165, 1.54) is 17.7 Å². The van der Waals surface area contributed by atoms with Gasteiger partial charge in [0.15, 0.2) is 17.3 Å². The molecule has 1 unspecified atom stereocenters. The molecule has 2 aromatic heterocycles. The fourth-order valence-corrected chi connectivity index (χ4v) is 4.63. The van der Waals surface area contributed by atoms with Gasteiger partial charge in [-0.3, -0.25) is 9.88 Å². The molecule has 2 aliphatic heterocycles. The molecule has 0 radical (unpaired) electrons. The standard InChI is InChI=1S/C25H21F2N3O2/c26-16-3-4-22-19(10-16)20(12-29-22)15-5-8-30(9-6-15)13-17-14-31-23-11-21(27)24-18(25(23)32-17)2-1-7-28-24/h1-5,7,10-12,17,29H,6,8-9,13-14H2. The van der Waals surface area contributed by atoms with E-state index in [1.807, 2.05) is 6.20 Å². The Kier molecular flexibility index (Phi) is 4.57. The topological polar surface area (TPSA) is 50.4 Å². The first-order chi connectivity index (χ1) is 15.7. The molecule has 0 amide bonds. The summed E-state index contributed by atoms with van der Waals surface area (Å²) >= 11 is 0. The number of nitrogens with one attached hydrogen (secondary N) is 1. The highest BCUT2D eigenvalue weighted by Gasteiger charge is 2.27. The third kappa shape index (κ3) is 3.29. The van der Waals surface area contributed by atoms with Crippen LogP contribution in [0.3, 0.4) is 0 Å². The van der Waals surface area contributed by atoms with E-state index >= 15 is 0 Å². The SMILES string of the molecule is Fc1ccc2[nH]cc(C3=CCN(CC4COc5cc(F)c6ncccc6c5O4)CC3)c2c1. The minimum Gasteiger partial charge on any atom is -0.486 e. The minimum atomic E-state index is -0.410. The first-order valence-corrected chi connectivity index (χ1v) is 10.7. The maximum absolute atomic E-state index is 14.3. The molecular formula is C25H21F2N3O2. The maximum Gasteiger partial charge on any atom is 0.171 e. The quantitative estimate of drug-likeness (QED) is 0.498. The molecule has 2 aromatic carbocycles. The van der Waals surface area contributed by atoms with E-state index in [4.69, 9.17) is 9.47 Å². The number of benzene rings is 2. The molecule has 4 aromatic rings. The highest BCUT2D eigenvalue weighted by molar-refractivity contribution is 5.93. The minimum absolute atomic E-state index is 0.159. The van der Waals surface area contributed by atoms with Crippen molar-refractivity contribution in [1.29, 1.82) is 0 Å². The van der Waals surface area contributed by atoms with Gasteiger partial charge < -0.3 is 14.5 Å². The monoisotopic (exact) mass is 433 g/mol. The van der Waals surface area contributed by atoms with Crippen molar-refractivity contribution < 1.29 is 18.3 Å². The second kappa shape index (κ2) is 7.60. The Bertz CT molecular complexity index is 1360. The van der Waals surface area contributed by atoms with Crippen LogP contribution in [-0.4, -0.2) is 47.2 Å². The normalized spacial score (nSPS) is 18.8. The van der Waals surface area contributed by atoms with Gasteiger partial charge in [-0.05, 0) is 42.3 Å². The predicted octanol–water partition coefficient (Wildman–Crippen LogP) is 4.92. The zero-order valence-electron chi connectivity index (χ0n) is 17.3. The zero-order chi connectivity index (χ0) is 21.7. The van der Waals surface area contributed by atoms with Crippen LogP contribution >= 0.6 is 0 Å². The number of hydrogen-bond acceptors (Lipinski definition) is 4. The van der Waals surface area contributed by atoms with Crippen molar-refractivity contribution in [3.8, 4) is 11.5 Å². The zero-order valence-corrected chi connectivity index (χ0v) is 17.3. The molecule has 5 nitrogen and oxygen atoms in total. The van der Waals surface area contributed by atoms with Crippen LogP contribution in [0.2, 0.25) is 0 Å². The van der Waals surface area contributed by atoms with Gasteiger partial charge in [-0.2, -0.15) is 0 Å². The second-order valence-electron chi connectivity index (χ2n) is 8.27. The van der Waals surface area contributed by atoms with Crippen LogP contribution in [0.5, 0.6) is 11.5 Å². The van der Waals surface area contributed by atoms with Crippen LogP contribution in [-0.2, 0) is 0 Å². The van der Waals surface area contributed by atoms with Gasteiger partial charge in [0.05, 0.1) is 0 Å². The summed E-state index contributed by atoms with van der Waals surface area (Å²) in [6.07, 6.45) is 6.43. The van der Waals surface area contributed by atoms with Crippen LogP contribution in [0.15, 0.2) is 54.9 Å². The van der Waals surface area contributed by atoms with Crippen molar-refractivity contribution in [2.24, 2.45) is 0 Å². The molecule has 0 spiro atoms. The Labute approximate surface area is 183 Å². The van der Waals surface area contributed by atoms with Gasteiger partial charge in [0.1, 0.15) is 24.0 Å². The molecule has 0 fully saturated rings. The van der Waals surface area contributed by atoms with Crippen molar-refractivity contribution >= 4 is 27.4 Å². The Hall–Kier alpha value is -3.45. The molecule has 0 aliphatic carbocycles. The third-order valence-electron chi connectivity index (χ3n) is 6.21. The highest BCUT2D eigenvalue weighted by Crippen LogP contribution is 2.40. The van der Waals surface area contributed by atoms with Crippen LogP contribution in [0.25, 0.3) is 27.4 Å². The summed E-state index contributed by atoms with van der Waals surface area (Å²) in [5, 5.41) is 1.54. The first kappa shape index (κ1) is 19.3. The summed E-state index contributed by atoms with van der Waals surface area (Å²) in [5.74, 6) is 0.340. The van der Waals surface area contributed by atoms with E-state index in [2.05, 4.69) is 20.9 Å². The summed E-state index contributed by atoms with van der Waals surface area (Å²) in [7, 11) is 0. The Morgan fingerprint density at radius 3 is 2.97 bits per heavy atom. The van der Waals surface area contributed by atoms with E-state index in [-0.39, 0.29) is 17.4 Å². The molecule has 7 heteroatoms. The Balaban J connectivity index is 1.18. The van der Waals surface area contributed by atoms with Crippen molar-refractivity contribution in [2.45, 2.75) is 12.5 Å². The van der Waals surface area contributed by atoms with Crippen molar-refractivity contribution in [3.63, 3.8) is 0 Å². The summed E-state index contributed by atoms with van der Waals surface area (Å²) in [5.41, 5.74) is 3.51. The highest BCUT2D eigenvalue weighted by atomic mass is 19.1. The molecule has 0 saturated carbocycles. The molecule has 1 atom stereocenters. The lowest BCUT2D eigenvalue weighted by molar-refractivity contribution is 0.0629. The van der Waals surface area contributed by atoms with Crippen LogP contribution in [0, 0.1) is 11.6 Å². The van der Waals surface area contributed by atoms with Crippen LogP contribution in [0.1, 0.15) is 12.0 Å². The van der Waals surface area contributed by atoms with Gasteiger partial charge in [0.25, 0.3) is 0 Å². The number of pyridine rings is 1. The number of rotatable bonds is 3. The van der Waals surface area contributed by atoms with E-state index < -0.39 is 5.82 Å². The number of H-pyrrole nitrogens is 1.